The van der Waals surface area contributed by atoms with Crippen molar-refractivity contribution in [2.45, 2.75) is 18.4 Å². The monoisotopic (exact) mass is 451 g/mol. The van der Waals surface area contributed by atoms with Gasteiger partial charge in [0, 0.05) is 17.4 Å². The Balaban J connectivity index is 1.43. The van der Waals surface area contributed by atoms with Crippen LogP contribution in [0.5, 0.6) is 5.75 Å². The Morgan fingerprint density at radius 3 is 2.22 bits per heavy atom. The summed E-state index contributed by atoms with van der Waals surface area (Å²) >= 11 is 6.22. The lowest BCUT2D eigenvalue weighted by Gasteiger charge is -2.18. The smallest absolute Gasteiger partial charge is 0.407 e. The van der Waals surface area contributed by atoms with Crippen LogP contribution in [0, 0.1) is 0 Å². The molecular weight excluding hydrogens is 430 g/mol. The third-order valence-corrected chi connectivity index (χ3v) is 5.97. The molecule has 0 bridgehead atoms. The molecule has 32 heavy (non-hydrogen) atoms. The maximum Gasteiger partial charge on any atom is 0.407 e. The van der Waals surface area contributed by atoms with Gasteiger partial charge in [-0.15, -0.1) is 0 Å². The van der Waals surface area contributed by atoms with Crippen LogP contribution >= 0.6 is 11.6 Å². The van der Waals surface area contributed by atoms with Gasteiger partial charge in [0.2, 0.25) is 0 Å². The molecule has 1 atom stereocenters. The lowest BCUT2D eigenvalue weighted by molar-refractivity contribution is -0.139. The van der Waals surface area contributed by atoms with E-state index in [9.17, 15) is 14.7 Å². The number of fused-ring (bicyclic) bond motifs is 3. The van der Waals surface area contributed by atoms with Gasteiger partial charge in [0.1, 0.15) is 18.4 Å². The van der Waals surface area contributed by atoms with Crippen LogP contribution in [0.2, 0.25) is 5.02 Å². The molecule has 1 unspecified atom stereocenters. The van der Waals surface area contributed by atoms with Crippen molar-refractivity contribution < 1.29 is 24.2 Å². The lowest BCUT2D eigenvalue weighted by Crippen LogP contribution is -2.43. The topological polar surface area (TPSA) is 84.9 Å². The summed E-state index contributed by atoms with van der Waals surface area (Å²) in [6.07, 6.45) is -0.772. The van der Waals surface area contributed by atoms with Crippen LogP contribution < -0.4 is 10.1 Å². The van der Waals surface area contributed by atoms with Gasteiger partial charge >= 0.3 is 12.1 Å². The Kier molecular flexibility index (Phi) is 6.32. The number of carboxylic acids is 1. The maximum atomic E-state index is 12.5. The Bertz CT molecular complexity index is 1120. The third-order valence-electron chi connectivity index (χ3n) is 5.62. The van der Waals surface area contributed by atoms with Crippen molar-refractivity contribution in [2.75, 3.05) is 13.7 Å². The molecule has 3 aromatic rings. The number of methoxy groups -OCH3 is 1. The van der Waals surface area contributed by atoms with Crippen molar-refractivity contribution in [3.63, 3.8) is 0 Å². The molecule has 0 saturated carbocycles. The summed E-state index contributed by atoms with van der Waals surface area (Å²) in [7, 11) is 1.52. The van der Waals surface area contributed by atoms with Gasteiger partial charge in [-0.1, -0.05) is 66.2 Å². The predicted octanol–water partition coefficient (Wildman–Crippen LogP) is 4.88. The number of hydrogen-bond donors (Lipinski definition) is 2. The molecule has 0 aliphatic heterocycles. The zero-order valence-corrected chi connectivity index (χ0v) is 18.1. The second kappa shape index (κ2) is 9.32. The average Bonchev–Trinajstić information content (AvgIpc) is 3.12. The summed E-state index contributed by atoms with van der Waals surface area (Å²) in [5.74, 6) is -0.715. The molecule has 0 aromatic heterocycles. The van der Waals surface area contributed by atoms with E-state index in [1.54, 1.807) is 18.2 Å². The zero-order valence-electron chi connectivity index (χ0n) is 17.4. The highest BCUT2D eigenvalue weighted by molar-refractivity contribution is 6.31. The number of carbonyl (C=O) groups is 2. The van der Waals surface area contributed by atoms with Crippen molar-refractivity contribution in [1.82, 2.24) is 5.32 Å². The van der Waals surface area contributed by atoms with Crippen molar-refractivity contribution in [1.29, 1.82) is 0 Å². The Morgan fingerprint density at radius 1 is 1.03 bits per heavy atom. The summed E-state index contributed by atoms with van der Waals surface area (Å²) in [6, 6.07) is 19.8. The number of rotatable bonds is 7. The average molecular weight is 452 g/mol. The first-order valence-corrected chi connectivity index (χ1v) is 10.5. The number of hydrogen-bond acceptors (Lipinski definition) is 4. The van der Waals surface area contributed by atoms with Gasteiger partial charge in [0.15, 0.2) is 0 Å². The fraction of sp³-hybridized carbons (Fsp3) is 0.200. The van der Waals surface area contributed by atoms with E-state index in [1.165, 1.54) is 7.11 Å². The van der Waals surface area contributed by atoms with E-state index in [4.69, 9.17) is 21.1 Å². The van der Waals surface area contributed by atoms with E-state index in [2.05, 4.69) is 5.32 Å². The van der Waals surface area contributed by atoms with Crippen molar-refractivity contribution in [3.8, 4) is 16.9 Å². The van der Waals surface area contributed by atoms with E-state index in [0.717, 1.165) is 22.3 Å². The van der Waals surface area contributed by atoms with Crippen LogP contribution in [0.15, 0.2) is 66.7 Å². The van der Waals surface area contributed by atoms with Crippen LogP contribution in [0.1, 0.15) is 22.6 Å². The number of aliphatic carboxylic acids is 1. The van der Waals surface area contributed by atoms with Crippen LogP contribution in [-0.2, 0) is 16.0 Å². The normalized spacial score (nSPS) is 13.1. The maximum absolute atomic E-state index is 12.5. The van der Waals surface area contributed by atoms with Crippen LogP contribution in [0.4, 0.5) is 4.79 Å². The molecule has 4 rings (SSSR count). The number of halogens is 1. The number of alkyl carbamates (subject to hydrolysis) is 1. The van der Waals surface area contributed by atoms with Gasteiger partial charge in [0.25, 0.3) is 0 Å². The Hall–Kier alpha value is -3.51. The predicted molar refractivity (Wildman–Crippen MR) is 121 cm³/mol. The van der Waals surface area contributed by atoms with E-state index in [1.807, 2.05) is 48.5 Å². The van der Waals surface area contributed by atoms with E-state index in [-0.39, 0.29) is 18.9 Å². The van der Waals surface area contributed by atoms with E-state index in [0.29, 0.717) is 16.3 Å². The molecule has 7 heteroatoms. The van der Waals surface area contributed by atoms with Gasteiger partial charge in [0.05, 0.1) is 7.11 Å². The lowest BCUT2D eigenvalue weighted by atomic mass is 9.98. The molecule has 3 aromatic carbocycles. The summed E-state index contributed by atoms with van der Waals surface area (Å²) < 4.78 is 10.6. The summed E-state index contributed by atoms with van der Waals surface area (Å²) in [6.45, 7) is 0.107. The fourth-order valence-corrected chi connectivity index (χ4v) is 4.27. The highest BCUT2D eigenvalue weighted by atomic mass is 35.5. The largest absolute Gasteiger partial charge is 0.497 e. The quantitative estimate of drug-likeness (QED) is 0.534. The molecule has 164 valence electrons. The number of carboxylic acid groups (broad SMARTS) is 1. The minimum Gasteiger partial charge on any atom is -0.497 e. The molecule has 0 fully saturated rings. The fourth-order valence-electron chi connectivity index (χ4n) is 4.02. The Labute approximate surface area is 190 Å². The van der Waals surface area contributed by atoms with Crippen LogP contribution in [0.25, 0.3) is 11.1 Å². The first kappa shape index (κ1) is 21.7. The van der Waals surface area contributed by atoms with Crippen molar-refractivity contribution in [3.05, 3.63) is 88.4 Å². The molecule has 1 aliphatic rings. The molecule has 6 nitrogen and oxygen atoms in total. The van der Waals surface area contributed by atoms with Crippen LogP contribution in [0.3, 0.4) is 0 Å². The molecule has 1 aliphatic carbocycles. The van der Waals surface area contributed by atoms with Gasteiger partial charge in [-0.25, -0.2) is 9.59 Å². The first-order valence-electron chi connectivity index (χ1n) is 10.1. The van der Waals surface area contributed by atoms with E-state index >= 15 is 0 Å². The molecule has 1 amide bonds. The minimum atomic E-state index is -1.18. The highest BCUT2D eigenvalue weighted by Gasteiger charge is 2.30. The van der Waals surface area contributed by atoms with Gasteiger partial charge < -0.3 is 19.9 Å². The Morgan fingerprint density at radius 2 is 1.66 bits per heavy atom. The van der Waals surface area contributed by atoms with Gasteiger partial charge in [-0.3, -0.25) is 0 Å². The first-order chi connectivity index (χ1) is 15.5. The molecule has 0 spiro atoms. The molecule has 0 saturated heterocycles. The molecule has 2 N–H and O–H groups in total. The third kappa shape index (κ3) is 4.41. The van der Waals surface area contributed by atoms with E-state index < -0.39 is 18.1 Å². The second-order valence-corrected chi connectivity index (χ2v) is 7.93. The minimum absolute atomic E-state index is 0.0162. The molecule has 0 radical (unpaired) electrons. The van der Waals surface area contributed by atoms with Gasteiger partial charge in [-0.2, -0.15) is 0 Å². The number of carbonyl (C=O) groups excluding carboxylic acids is 1. The molecular formula is C25H22ClNO5. The molecule has 0 heterocycles. The summed E-state index contributed by atoms with van der Waals surface area (Å²) in [4.78, 5) is 24.2. The number of ether oxygens (including phenoxy) is 2. The zero-order chi connectivity index (χ0) is 22.7. The SMILES string of the molecule is COc1ccc(CC(NC(=O)OCC2c3ccccc3-c3ccccc32)C(=O)O)c(Cl)c1. The number of benzene rings is 3. The van der Waals surface area contributed by atoms with Gasteiger partial charge in [-0.05, 0) is 39.9 Å². The number of nitrogens with one attached hydrogen (secondary N) is 1. The van der Waals surface area contributed by atoms with Crippen LogP contribution in [-0.4, -0.2) is 36.9 Å². The summed E-state index contributed by atoms with van der Waals surface area (Å²) in [5.41, 5.74) is 4.99. The van der Waals surface area contributed by atoms with Crippen molar-refractivity contribution in [2.24, 2.45) is 0 Å². The van der Waals surface area contributed by atoms with Crippen molar-refractivity contribution >= 4 is 23.7 Å². The standard InChI is InChI=1S/C25H22ClNO5/c1-31-16-11-10-15(22(26)13-16)12-23(24(28)29)27-25(30)32-14-21-19-8-4-2-6-17(19)18-7-3-5-9-20(18)21/h2-11,13,21,23H,12,14H2,1H3,(H,27,30)(H,28,29). The highest BCUT2D eigenvalue weighted by Crippen LogP contribution is 2.44. The summed E-state index contributed by atoms with van der Waals surface area (Å²) in [5, 5.41) is 12.4. The second-order valence-electron chi connectivity index (χ2n) is 7.52. The number of amides is 1.